The molecule has 2 nitrogen and oxygen atoms in total. The fraction of sp³-hybridized carbons (Fsp3) is 0.294. The van der Waals surface area contributed by atoms with Crippen molar-refractivity contribution in [2.45, 2.75) is 25.8 Å². The lowest BCUT2D eigenvalue weighted by Crippen LogP contribution is -2.12. The van der Waals surface area contributed by atoms with Crippen LogP contribution in [0.5, 0.6) is 5.75 Å². The van der Waals surface area contributed by atoms with E-state index in [2.05, 4.69) is 43.3 Å². The minimum Gasteiger partial charge on any atom is -0.496 e. The second kappa shape index (κ2) is 6.39. The maximum Gasteiger partial charge on any atom is 0.123 e. The normalized spacial score (nSPS) is 12.2. The van der Waals surface area contributed by atoms with Gasteiger partial charge in [-0.3, -0.25) is 0 Å². The number of ether oxygens (including phenoxy) is 1. The molecule has 0 saturated carbocycles. The molecule has 1 unspecified atom stereocenters. The van der Waals surface area contributed by atoms with Crippen molar-refractivity contribution in [2.24, 2.45) is 5.73 Å². The molecule has 1 atom stereocenters. The van der Waals surface area contributed by atoms with Crippen LogP contribution in [0.15, 0.2) is 48.5 Å². The molecule has 2 rings (SSSR count). The van der Waals surface area contributed by atoms with Crippen LogP contribution in [0.3, 0.4) is 0 Å². The number of methoxy groups -OCH3 is 1. The van der Waals surface area contributed by atoms with E-state index in [1.165, 1.54) is 11.1 Å². The summed E-state index contributed by atoms with van der Waals surface area (Å²) in [4.78, 5) is 0. The van der Waals surface area contributed by atoms with Crippen LogP contribution in [0, 0.1) is 6.92 Å². The predicted molar refractivity (Wildman–Crippen MR) is 79.4 cm³/mol. The van der Waals surface area contributed by atoms with E-state index >= 15 is 0 Å². The van der Waals surface area contributed by atoms with Crippen molar-refractivity contribution >= 4 is 0 Å². The number of hydrogen-bond acceptors (Lipinski definition) is 2. The molecule has 2 N–H and O–H groups in total. The number of aryl methyl sites for hydroxylation is 2. The number of benzene rings is 2. The third kappa shape index (κ3) is 3.58. The summed E-state index contributed by atoms with van der Waals surface area (Å²) in [5.74, 6) is 0.889. The molecule has 2 aromatic carbocycles. The Bertz CT molecular complexity index is 522. The molecule has 0 amide bonds. The van der Waals surface area contributed by atoms with Crippen molar-refractivity contribution in [3.63, 3.8) is 0 Å². The molecule has 0 aliphatic rings. The zero-order valence-electron chi connectivity index (χ0n) is 11.6. The maximum atomic E-state index is 6.29. The molecule has 0 saturated heterocycles. The first kappa shape index (κ1) is 13.6. The van der Waals surface area contributed by atoms with Gasteiger partial charge in [0, 0.05) is 11.6 Å². The van der Waals surface area contributed by atoms with Gasteiger partial charge in [-0.1, -0.05) is 42.5 Å². The second-order valence-corrected chi connectivity index (χ2v) is 4.88. The fourth-order valence-corrected chi connectivity index (χ4v) is 2.25. The molecular formula is C17H21NO. The van der Waals surface area contributed by atoms with Crippen molar-refractivity contribution in [2.75, 3.05) is 7.11 Å². The first-order valence-electron chi connectivity index (χ1n) is 6.64. The van der Waals surface area contributed by atoms with E-state index in [4.69, 9.17) is 10.5 Å². The lowest BCUT2D eigenvalue weighted by molar-refractivity contribution is 0.404. The maximum absolute atomic E-state index is 6.29. The van der Waals surface area contributed by atoms with Crippen LogP contribution in [0.1, 0.15) is 29.2 Å². The molecule has 0 heterocycles. The average Bonchev–Trinajstić information content (AvgIpc) is 2.45. The summed E-state index contributed by atoms with van der Waals surface area (Å²) in [5, 5.41) is 0. The Hall–Kier alpha value is -1.80. The van der Waals surface area contributed by atoms with Gasteiger partial charge in [0.2, 0.25) is 0 Å². The number of nitrogens with two attached hydrogens (primary N) is 1. The Labute approximate surface area is 115 Å². The van der Waals surface area contributed by atoms with Crippen LogP contribution >= 0.6 is 0 Å². The molecule has 2 aromatic rings. The average molecular weight is 255 g/mol. The Morgan fingerprint density at radius 2 is 1.84 bits per heavy atom. The summed E-state index contributed by atoms with van der Waals surface area (Å²) in [6, 6.07) is 16.6. The van der Waals surface area contributed by atoms with Gasteiger partial charge < -0.3 is 10.5 Å². The van der Waals surface area contributed by atoms with Gasteiger partial charge in [-0.2, -0.15) is 0 Å². The van der Waals surface area contributed by atoms with E-state index < -0.39 is 0 Å². The first-order chi connectivity index (χ1) is 9.20. The van der Waals surface area contributed by atoms with Crippen molar-refractivity contribution in [1.82, 2.24) is 0 Å². The molecule has 0 bridgehead atoms. The highest BCUT2D eigenvalue weighted by Crippen LogP contribution is 2.27. The molecule has 0 aliphatic carbocycles. The lowest BCUT2D eigenvalue weighted by atomic mass is 9.98. The smallest absolute Gasteiger partial charge is 0.123 e. The van der Waals surface area contributed by atoms with Crippen LogP contribution in [-0.4, -0.2) is 7.11 Å². The summed E-state index contributed by atoms with van der Waals surface area (Å²) in [6.45, 7) is 2.06. The van der Waals surface area contributed by atoms with E-state index in [1.807, 2.05) is 12.1 Å². The van der Waals surface area contributed by atoms with E-state index in [0.29, 0.717) is 0 Å². The largest absolute Gasteiger partial charge is 0.496 e. The zero-order chi connectivity index (χ0) is 13.7. The Balaban J connectivity index is 2.05. The van der Waals surface area contributed by atoms with Crippen molar-refractivity contribution < 1.29 is 4.74 Å². The predicted octanol–water partition coefficient (Wildman–Crippen LogP) is 3.64. The topological polar surface area (TPSA) is 35.2 Å². The van der Waals surface area contributed by atoms with E-state index in [1.54, 1.807) is 7.11 Å². The first-order valence-corrected chi connectivity index (χ1v) is 6.64. The molecular weight excluding hydrogens is 234 g/mol. The lowest BCUT2D eigenvalue weighted by Gasteiger charge is -2.16. The van der Waals surface area contributed by atoms with Gasteiger partial charge in [0.1, 0.15) is 5.75 Å². The highest BCUT2D eigenvalue weighted by Gasteiger charge is 2.11. The SMILES string of the molecule is COc1cc(C)ccc1C(N)CCc1ccccc1. The van der Waals surface area contributed by atoms with Crippen LogP contribution in [-0.2, 0) is 6.42 Å². The van der Waals surface area contributed by atoms with Crippen LogP contribution < -0.4 is 10.5 Å². The molecule has 19 heavy (non-hydrogen) atoms. The van der Waals surface area contributed by atoms with E-state index in [0.717, 1.165) is 24.2 Å². The Kier molecular flexibility index (Phi) is 4.58. The monoisotopic (exact) mass is 255 g/mol. The van der Waals surface area contributed by atoms with Gasteiger partial charge >= 0.3 is 0 Å². The molecule has 0 fully saturated rings. The van der Waals surface area contributed by atoms with Crippen molar-refractivity contribution in [3.8, 4) is 5.75 Å². The van der Waals surface area contributed by atoms with Gasteiger partial charge in [-0.05, 0) is 37.0 Å². The summed E-state index contributed by atoms with van der Waals surface area (Å²) in [7, 11) is 1.70. The quantitative estimate of drug-likeness (QED) is 0.885. The van der Waals surface area contributed by atoms with Gasteiger partial charge in [-0.25, -0.2) is 0 Å². The highest BCUT2D eigenvalue weighted by molar-refractivity contribution is 5.39. The third-order valence-electron chi connectivity index (χ3n) is 3.38. The van der Waals surface area contributed by atoms with Crippen molar-refractivity contribution in [1.29, 1.82) is 0 Å². The van der Waals surface area contributed by atoms with Gasteiger partial charge in [0.15, 0.2) is 0 Å². The summed E-state index contributed by atoms with van der Waals surface area (Å²) >= 11 is 0. The second-order valence-electron chi connectivity index (χ2n) is 4.88. The molecule has 0 radical (unpaired) electrons. The minimum atomic E-state index is 0.00996. The van der Waals surface area contributed by atoms with Crippen LogP contribution in [0.25, 0.3) is 0 Å². The zero-order valence-corrected chi connectivity index (χ0v) is 11.6. The Morgan fingerprint density at radius 1 is 1.11 bits per heavy atom. The summed E-state index contributed by atoms with van der Waals surface area (Å²) in [6.07, 6.45) is 1.91. The standard InChI is InChI=1S/C17H21NO/c1-13-8-10-15(17(12-13)19-2)16(18)11-9-14-6-4-3-5-7-14/h3-8,10,12,16H,9,11,18H2,1-2H3. The van der Waals surface area contributed by atoms with Gasteiger partial charge in [0.05, 0.1) is 7.11 Å². The molecule has 2 heteroatoms. The number of rotatable bonds is 5. The Morgan fingerprint density at radius 3 is 2.53 bits per heavy atom. The number of hydrogen-bond donors (Lipinski definition) is 1. The summed E-state index contributed by atoms with van der Waals surface area (Å²) in [5.41, 5.74) is 9.89. The van der Waals surface area contributed by atoms with Gasteiger partial charge in [0.25, 0.3) is 0 Å². The van der Waals surface area contributed by atoms with Crippen LogP contribution in [0.2, 0.25) is 0 Å². The highest BCUT2D eigenvalue weighted by atomic mass is 16.5. The van der Waals surface area contributed by atoms with Gasteiger partial charge in [-0.15, -0.1) is 0 Å². The minimum absolute atomic E-state index is 0.00996. The molecule has 100 valence electrons. The van der Waals surface area contributed by atoms with E-state index in [9.17, 15) is 0 Å². The van der Waals surface area contributed by atoms with Crippen LogP contribution in [0.4, 0.5) is 0 Å². The fourth-order valence-electron chi connectivity index (χ4n) is 2.25. The molecule has 0 aliphatic heterocycles. The third-order valence-corrected chi connectivity index (χ3v) is 3.38. The summed E-state index contributed by atoms with van der Waals surface area (Å²) < 4.78 is 5.42. The van der Waals surface area contributed by atoms with E-state index in [-0.39, 0.29) is 6.04 Å². The van der Waals surface area contributed by atoms with Crippen molar-refractivity contribution in [3.05, 3.63) is 65.2 Å². The molecule has 0 aromatic heterocycles. The molecule has 0 spiro atoms.